The van der Waals surface area contributed by atoms with Crippen LogP contribution in [0.2, 0.25) is 0 Å². The molecule has 6 amide bonds. The molecule has 1 rings (SSSR count). The van der Waals surface area contributed by atoms with Crippen LogP contribution in [-0.2, 0) is 81.0 Å². The Kier molecular flexibility index (Phi) is 41.5. The molecule has 1 aliphatic heterocycles. The van der Waals surface area contributed by atoms with Crippen molar-refractivity contribution in [1.82, 2.24) is 46.2 Å². The van der Waals surface area contributed by atoms with Crippen molar-refractivity contribution in [2.24, 2.45) is 11.7 Å². The van der Waals surface area contributed by atoms with Crippen molar-refractivity contribution in [3.05, 3.63) is 0 Å². The number of urea groups is 1. The van der Waals surface area contributed by atoms with E-state index < -0.39 is 88.5 Å². The normalized spacial score (nSPS) is 15.5. The Morgan fingerprint density at radius 1 is 0.456 bits per heavy atom. The molecule has 0 aromatic heterocycles. The second kappa shape index (κ2) is 45.4. The van der Waals surface area contributed by atoms with Gasteiger partial charge in [-0.1, -0.05) is 13.8 Å². The molecule has 1 fully saturated rings. The summed E-state index contributed by atoms with van der Waals surface area (Å²) < 4.78 is 44.7. The number of primary amides is 1. The van der Waals surface area contributed by atoms with Crippen LogP contribution in [0, 0.1) is 5.92 Å². The lowest BCUT2D eigenvalue weighted by Crippen LogP contribution is -2.55. The minimum atomic E-state index is -1.13. The molecule has 0 bridgehead atoms. The fourth-order valence-electron chi connectivity index (χ4n) is 8.83. The SMILES string of the molecule is CC(C)C(NC(=O)CCCCC(=O)O)C(=O)NC(CCCNC(N)=O)C(=O)NCCOCCOCCOCCOCCOCCNC(=O)CCC(C(=O)O)N1CCN(CC(=O)OC(C)(C)C)CCN(CC(=O)OC(C)(C)C)CCN(CC(=O)OC(C)(C)C)CC1. The van der Waals surface area contributed by atoms with Crippen LogP contribution in [0.15, 0.2) is 0 Å². The number of hydrogen-bond acceptors (Lipinski definition) is 22. The van der Waals surface area contributed by atoms with Gasteiger partial charge >= 0.3 is 35.9 Å². The van der Waals surface area contributed by atoms with Gasteiger partial charge in [-0.15, -0.1) is 0 Å². The van der Waals surface area contributed by atoms with Crippen LogP contribution in [0.4, 0.5) is 4.79 Å². The standard InChI is InChI=1S/C60H110N10O20/c1-44(2)53(66-48(72)16-12-13-17-49(73)74)55(79)65-45(15-14-20-64-57(61)82)54(78)63-22-32-84-34-36-86-38-40-87-39-37-85-35-33-83-31-21-62-47(71)19-18-46(56(80)81)70-29-27-68(42-51(76)89-59(6,7)8)25-23-67(41-50(75)88-58(3,4)5)24-26-69(28-30-70)43-52(77)90-60(9,10)11/h44-46,53H,12-43H2,1-11H3,(H,62,71)(H,63,78)(H,65,79)(H,66,72)(H,73,74)(H,80,81)(H3,61,64,82). The van der Waals surface area contributed by atoms with Gasteiger partial charge in [0, 0.05) is 91.3 Å². The zero-order valence-electron chi connectivity index (χ0n) is 55.5. The van der Waals surface area contributed by atoms with Crippen molar-refractivity contribution in [1.29, 1.82) is 0 Å². The first-order valence-corrected chi connectivity index (χ1v) is 31.3. The van der Waals surface area contributed by atoms with E-state index in [-0.39, 0.29) is 149 Å². The number of esters is 3. The molecule has 520 valence electrons. The monoisotopic (exact) mass is 1290 g/mol. The van der Waals surface area contributed by atoms with Gasteiger partial charge in [-0.25, -0.2) is 4.79 Å². The van der Waals surface area contributed by atoms with E-state index in [0.717, 1.165) is 0 Å². The first-order chi connectivity index (χ1) is 42.2. The van der Waals surface area contributed by atoms with Crippen LogP contribution >= 0.6 is 0 Å². The summed E-state index contributed by atoms with van der Waals surface area (Å²) in [5, 5.41) is 32.7. The number of unbranched alkanes of at least 4 members (excludes halogenated alkanes) is 1. The zero-order valence-corrected chi connectivity index (χ0v) is 55.5. The van der Waals surface area contributed by atoms with E-state index in [4.69, 9.17) is 48.7 Å². The first-order valence-electron chi connectivity index (χ1n) is 31.3. The minimum absolute atomic E-state index is 0.0200. The molecule has 1 heterocycles. The Hall–Kier alpha value is -5.86. The van der Waals surface area contributed by atoms with Crippen LogP contribution in [0.5, 0.6) is 0 Å². The second-order valence-corrected chi connectivity index (χ2v) is 25.1. The molecule has 9 N–H and O–H groups in total. The van der Waals surface area contributed by atoms with Gasteiger partial charge in [0.25, 0.3) is 0 Å². The summed E-state index contributed by atoms with van der Waals surface area (Å²) in [6.07, 6.45) is 0.996. The van der Waals surface area contributed by atoms with E-state index in [1.165, 1.54) is 0 Å². The van der Waals surface area contributed by atoms with Crippen LogP contribution in [0.3, 0.4) is 0 Å². The summed E-state index contributed by atoms with van der Waals surface area (Å²) >= 11 is 0. The topological polar surface area (TPSA) is 384 Å². The third-order valence-corrected chi connectivity index (χ3v) is 13.1. The third kappa shape index (κ3) is 44.6. The van der Waals surface area contributed by atoms with E-state index in [2.05, 4.69) is 26.6 Å². The number of carbonyl (C=O) groups excluding carboxylic acids is 8. The molecule has 30 heteroatoms. The number of nitrogens with one attached hydrogen (secondary N) is 5. The molecule has 0 saturated carbocycles. The second-order valence-electron chi connectivity index (χ2n) is 25.1. The Bertz CT molecular complexity index is 2110. The largest absolute Gasteiger partial charge is 0.481 e. The van der Waals surface area contributed by atoms with Gasteiger partial charge in [-0.3, -0.25) is 62.8 Å². The number of nitrogens with zero attached hydrogens (tertiary/aromatic N) is 4. The lowest BCUT2D eigenvalue weighted by Gasteiger charge is -2.36. The molecule has 1 saturated heterocycles. The summed E-state index contributed by atoms with van der Waals surface area (Å²) in [6.45, 7) is 24.6. The van der Waals surface area contributed by atoms with Gasteiger partial charge < -0.3 is 80.4 Å². The molecule has 1 aliphatic rings. The Morgan fingerprint density at radius 2 is 0.856 bits per heavy atom. The predicted molar refractivity (Wildman–Crippen MR) is 331 cm³/mol. The van der Waals surface area contributed by atoms with Crippen molar-refractivity contribution in [3.8, 4) is 0 Å². The summed E-state index contributed by atoms with van der Waals surface area (Å²) in [7, 11) is 0. The number of rotatable bonds is 43. The van der Waals surface area contributed by atoms with E-state index >= 15 is 0 Å². The minimum Gasteiger partial charge on any atom is -0.481 e. The molecule has 0 aromatic rings. The molecule has 0 spiro atoms. The molecular formula is C60H110N10O20. The number of carboxylic acid groups (broad SMARTS) is 2. The van der Waals surface area contributed by atoms with Crippen molar-refractivity contribution in [2.75, 3.05) is 158 Å². The molecular weight excluding hydrogens is 1180 g/mol. The highest BCUT2D eigenvalue weighted by atomic mass is 16.6. The van der Waals surface area contributed by atoms with E-state index in [9.17, 15) is 53.1 Å². The number of aliphatic carboxylic acids is 2. The molecule has 3 atom stereocenters. The number of ether oxygens (including phenoxy) is 8. The van der Waals surface area contributed by atoms with Crippen LogP contribution in [-0.4, -0.2) is 282 Å². The smallest absolute Gasteiger partial charge is 0.320 e. The predicted octanol–water partition coefficient (Wildman–Crippen LogP) is 0.501. The molecule has 30 nitrogen and oxygen atoms in total. The molecule has 90 heavy (non-hydrogen) atoms. The quantitative estimate of drug-likeness (QED) is 0.0234. The Morgan fingerprint density at radius 3 is 1.24 bits per heavy atom. The number of nitrogens with two attached hydrogens (primary N) is 1. The number of amides is 6. The van der Waals surface area contributed by atoms with E-state index in [1.54, 1.807) is 81.1 Å². The average molecular weight is 1290 g/mol. The highest BCUT2D eigenvalue weighted by Gasteiger charge is 2.32. The van der Waals surface area contributed by atoms with Crippen LogP contribution in [0.1, 0.15) is 128 Å². The fourth-order valence-corrected chi connectivity index (χ4v) is 8.83. The number of carboxylic acids is 2. The van der Waals surface area contributed by atoms with Crippen LogP contribution in [0.25, 0.3) is 0 Å². The zero-order chi connectivity index (χ0) is 67.7. The molecule has 3 unspecified atom stereocenters. The lowest BCUT2D eigenvalue weighted by atomic mass is 10.0. The van der Waals surface area contributed by atoms with Crippen LogP contribution < -0.4 is 32.3 Å². The summed E-state index contributed by atoms with van der Waals surface area (Å²) in [5.74, 6) is -5.58. The van der Waals surface area contributed by atoms with Crippen molar-refractivity contribution >= 4 is 59.5 Å². The van der Waals surface area contributed by atoms with Gasteiger partial charge in [-0.05, 0) is 100 Å². The first kappa shape index (κ1) is 82.2. The molecule has 0 aromatic carbocycles. The Balaban J connectivity index is 2.56. The van der Waals surface area contributed by atoms with Gasteiger partial charge in [0.2, 0.25) is 23.6 Å². The average Bonchev–Trinajstić information content (AvgIpc) is 1.49. The maximum atomic E-state index is 13.3. The van der Waals surface area contributed by atoms with E-state index in [0.29, 0.717) is 71.9 Å². The van der Waals surface area contributed by atoms with Gasteiger partial charge in [0.1, 0.15) is 34.9 Å². The number of carbonyl (C=O) groups is 10. The van der Waals surface area contributed by atoms with Crippen molar-refractivity contribution in [2.45, 2.75) is 162 Å². The highest BCUT2D eigenvalue weighted by Crippen LogP contribution is 2.15. The lowest BCUT2D eigenvalue weighted by molar-refractivity contribution is -0.158. The highest BCUT2D eigenvalue weighted by molar-refractivity contribution is 5.92. The number of hydrogen-bond donors (Lipinski definition) is 8. The van der Waals surface area contributed by atoms with Crippen molar-refractivity contribution < 1.29 is 96.1 Å². The fraction of sp³-hybridized carbons (Fsp3) is 0.833. The van der Waals surface area contributed by atoms with Gasteiger partial charge in [0.15, 0.2) is 0 Å². The maximum absolute atomic E-state index is 13.3. The van der Waals surface area contributed by atoms with Gasteiger partial charge in [-0.2, -0.15) is 0 Å². The summed E-state index contributed by atoms with van der Waals surface area (Å²) in [4.78, 5) is 134. The van der Waals surface area contributed by atoms with E-state index in [1.807, 2.05) is 14.7 Å². The molecule has 0 aliphatic carbocycles. The third-order valence-electron chi connectivity index (χ3n) is 13.1. The summed E-state index contributed by atoms with van der Waals surface area (Å²) in [5.41, 5.74) is 2.97. The maximum Gasteiger partial charge on any atom is 0.320 e. The molecule has 0 radical (unpaired) electrons. The Labute approximate surface area is 532 Å². The van der Waals surface area contributed by atoms with Gasteiger partial charge in [0.05, 0.1) is 85.7 Å². The van der Waals surface area contributed by atoms with Crippen molar-refractivity contribution in [3.63, 3.8) is 0 Å². The summed E-state index contributed by atoms with van der Waals surface area (Å²) in [6, 6.07) is -3.76.